The first-order valence-electron chi connectivity index (χ1n) is 8.97. The lowest BCUT2D eigenvalue weighted by molar-refractivity contribution is -0.154. The number of nitrogens with one attached hydrogen (secondary N) is 1. The zero-order valence-corrected chi connectivity index (χ0v) is 14.7. The van der Waals surface area contributed by atoms with E-state index in [1.54, 1.807) is 0 Å². The highest BCUT2D eigenvalue weighted by molar-refractivity contribution is 5.77. The van der Waals surface area contributed by atoms with Crippen LogP contribution < -0.4 is 5.32 Å². The van der Waals surface area contributed by atoms with Crippen molar-refractivity contribution >= 4 is 12.0 Å². The maximum Gasteiger partial charge on any atom is 0.334 e. The largest absolute Gasteiger partial charge is 0.479 e. The number of urea groups is 1. The molecular formula is C17H30N2O5. The number of rotatable bonds is 6. The average molecular weight is 342 g/mol. The third kappa shape index (κ3) is 5.94. The molecule has 1 atom stereocenters. The highest BCUT2D eigenvalue weighted by Crippen LogP contribution is 2.22. The molecule has 24 heavy (non-hydrogen) atoms. The van der Waals surface area contributed by atoms with E-state index in [4.69, 9.17) is 14.6 Å². The van der Waals surface area contributed by atoms with Crippen molar-refractivity contribution in [3.63, 3.8) is 0 Å². The first-order chi connectivity index (χ1) is 11.5. The van der Waals surface area contributed by atoms with Crippen molar-refractivity contribution < 1.29 is 24.2 Å². The van der Waals surface area contributed by atoms with Crippen LogP contribution in [0.5, 0.6) is 0 Å². The van der Waals surface area contributed by atoms with Crippen LogP contribution in [0.4, 0.5) is 4.79 Å². The first kappa shape index (κ1) is 19.0. The summed E-state index contributed by atoms with van der Waals surface area (Å²) >= 11 is 0. The number of ether oxygens (including phenoxy) is 2. The third-order valence-electron chi connectivity index (χ3n) is 4.68. The normalized spacial score (nSPS) is 28.0. The standard InChI is InChI=1S/C17H30N2O5/c1-12(2)7-9-23-14-5-3-13(4-6-14)18-17(22)19-8-10-24-15(11-19)16(20)21/h12-15H,3-11H2,1-2H3,(H,18,22)(H,20,21). The molecule has 7 nitrogen and oxygen atoms in total. The Balaban J connectivity index is 1.67. The van der Waals surface area contributed by atoms with Crippen LogP contribution in [0.25, 0.3) is 0 Å². The highest BCUT2D eigenvalue weighted by Gasteiger charge is 2.30. The summed E-state index contributed by atoms with van der Waals surface area (Å²) < 4.78 is 11.0. The summed E-state index contributed by atoms with van der Waals surface area (Å²) in [6.07, 6.45) is 4.20. The van der Waals surface area contributed by atoms with Gasteiger partial charge in [-0.1, -0.05) is 13.8 Å². The van der Waals surface area contributed by atoms with Crippen LogP contribution in [0.2, 0.25) is 0 Å². The van der Waals surface area contributed by atoms with Crippen LogP contribution in [0, 0.1) is 5.92 Å². The quantitative estimate of drug-likeness (QED) is 0.769. The molecular weight excluding hydrogens is 312 g/mol. The predicted octanol–water partition coefficient (Wildman–Crippen LogP) is 1.86. The Bertz CT molecular complexity index is 421. The molecule has 0 bridgehead atoms. The molecule has 1 heterocycles. The highest BCUT2D eigenvalue weighted by atomic mass is 16.5. The van der Waals surface area contributed by atoms with Gasteiger partial charge in [0, 0.05) is 19.2 Å². The van der Waals surface area contributed by atoms with Gasteiger partial charge in [-0.2, -0.15) is 0 Å². The number of nitrogens with zero attached hydrogens (tertiary/aromatic N) is 1. The van der Waals surface area contributed by atoms with Crippen LogP contribution in [0.3, 0.4) is 0 Å². The Morgan fingerprint density at radius 2 is 2.00 bits per heavy atom. The van der Waals surface area contributed by atoms with Crippen molar-refractivity contribution in [2.45, 2.75) is 64.2 Å². The van der Waals surface area contributed by atoms with Crippen LogP contribution in [-0.2, 0) is 14.3 Å². The molecule has 0 aromatic rings. The number of carbonyl (C=O) groups excluding carboxylic acids is 1. The van der Waals surface area contributed by atoms with E-state index in [0.29, 0.717) is 18.6 Å². The van der Waals surface area contributed by atoms with Crippen LogP contribution >= 0.6 is 0 Å². The number of hydrogen-bond donors (Lipinski definition) is 2. The minimum Gasteiger partial charge on any atom is -0.479 e. The lowest BCUT2D eigenvalue weighted by Crippen LogP contribution is -2.54. The van der Waals surface area contributed by atoms with Gasteiger partial charge in [0.2, 0.25) is 0 Å². The second-order valence-electron chi connectivity index (χ2n) is 7.12. The summed E-state index contributed by atoms with van der Waals surface area (Å²) in [5.41, 5.74) is 0. The van der Waals surface area contributed by atoms with Crippen molar-refractivity contribution in [2.24, 2.45) is 5.92 Å². The van der Waals surface area contributed by atoms with Crippen molar-refractivity contribution in [3.8, 4) is 0 Å². The van der Waals surface area contributed by atoms with Gasteiger partial charge in [0.1, 0.15) is 0 Å². The molecule has 2 fully saturated rings. The molecule has 2 rings (SSSR count). The number of carboxylic acid groups (broad SMARTS) is 1. The molecule has 1 aliphatic carbocycles. The van der Waals surface area contributed by atoms with Gasteiger partial charge in [0.15, 0.2) is 6.10 Å². The number of carboxylic acids is 1. The molecule has 0 radical (unpaired) electrons. The molecule has 1 aliphatic heterocycles. The number of amides is 2. The van der Waals surface area contributed by atoms with Gasteiger partial charge in [-0.3, -0.25) is 0 Å². The molecule has 2 aliphatic rings. The number of aliphatic carboxylic acids is 1. The second kappa shape index (κ2) is 9.22. The summed E-state index contributed by atoms with van der Waals surface area (Å²) in [6, 6.07) is -0.0395. The Labute approximate surface area is 143 Å². The average Bonchev–Trinajstić information content (AvgIpc) is 2.56. The van der Waals surface area contributed by atoms with Crippen molar-refractivity contribution in [1.29, 1.82) is 0 Å². The van der Waals surface area contributed by atoms with E-state index in [9.17, 15) is 9.59 Å². The summed E-state index contributed by atoms with van der Waals surface area (Å²) in [7, 11) is 0. The molecule has 2 amide bonds. The van der Waals surface area contributed by atoms with Crippen LogP contribution in [0.15, 0.2) is 0 Å². The number of carbonyl (C=O) groups is 2. The molecule has 1 saturated carbocycles. The number of morpholine rings is 1. The van der Waals surface area contributed by atoms with Crippen LogP contribution in [-0.4, -0.2) is 66.6 Å². The minimum absolute atomic E-state index is 0.106. The van der Waals surface area contributed by atoms with E-state index in [1.165, 1.54) is 4.90 Å². The maximum absolute atomic E-state index is 12.3. The monoisotopic (exact) mass is 342 g/mol. The van der Waals surface area contributed by atoms with Crippen molar-refractivity contribution in [1.82, 2.24) is 10.2 Å². The smallest absolute Gasteiger partial charge is 0.334 e. The van der Waals surface area contributed by atoms with E-state index in [0.717, 1.165) is 38.7 Å². The molecule has 138 valence electrons. The summed E-state index contributed by atoms with van der Waals surface area (Å²) in [5.74, 6) is -0.365. The number of hydrogen-bond acceptors (Lipinski definition) is 4. The van der Waals surface area contributed by atoms with Gasteiger partial charge < -0.3 is 24.8 Å². The third-order valence-corrected chi connectivity index (χ3v) is 4.68. The lowest BCUT2D eigenvalue weighted by atomic mass is 9.93. The SMILES string of the molecule is CC(C)CCOC1CCC(NC(=O)N2CCOC(C(=O)O)C2)CC1. The first-order valence-corrected chi connectivity index (χ1v) is 8.97. The van der Waals surface area contributed by atoms with E-state index >= 15 is 0 Å². The van der Waals surface area contributed by atoms with E-state index < -0.39 is 12.1 Å². The zero-order valence-electron chi connectivity index (χ0n) is 14.7. The van der Waals surface area contributed by atoms with Crippen LogP contribution in [0.1, 0.15) is 46.0 Å². The molecule has 1 unspecified atom stereocenters. The molecule has 7 heteroatoms. The topological polar surface area (TPSA) is 88.1 Å². The van der Waals surface area contributed by atoms with Crippen molar-refractivity contribution in [2.75, 3.05) is 26.3 Å². The Kier molecular flexibility index (Phi) is 7.30. The molecule has 0 aromatic carbocycles. The molecule has 0 spiro atoms. The minimum atomic E-state index is -1.02. The van der Waals surface area contributed by atoms with Gasteiger partial charge in [-0.25, -0.2) is 9.59 Å². The van der Waals surface area contributed by atoms with Gasteiger partial charge in [0.05, 0.1) is 19.3 Å². The summed E-state index contributed by atoms with van der Waals surface area (Å²) in [5, 5.41) is 12.0. The van der Waals surface area contributed by atoms with Crippen molar-refractivity contribution in [3.05, 3.63) is 0 Å². The fraction of sp³-hybridized carbons (Fsp3) is 0.882. The molecule has 0 aromatic heterocycles. The van der Waals surface area contributed by atoms with E-state index in [2.05, 4.69) is 19.2 Å². The predicted molar refractivity (Wildman–Crippen MR) is 88.9 cm³/mol. The van der Waals surface area contributed by atoms with E-state index in [1.807, 2.05) is 0 Å². The zero-order chi connectivity index (χ0) is 17.5. The molecule has 2 N–H and O–H groups in total. The fourth-order valence-corrected chi connectivity index (χ4v) is 3.09. The Hall–Kier alpha value is -1.34. The Morgan fingerprint density at radius 1 is 1.29 bits per heavy atom. The van der Waals surface area contributed by atoms with Gasteiger partial charge in [-0.15, -0.1) is 0 Å². The lowest BCUT2D eigenvalue weighted by Gasteiger charge is -2.34. The van der Waals surface area contributed by atoms with E-state index in [-0.39, 0.29) is 25.2 Å². The van der Waals surface area contributed by atoms with Gasteiger partial charge in [-0.05, 0) is 38.0 Å². The fourth-order valence-electron chi connectivity index (χ4n) is 3.09. The van der Waals surface area contributed by atoms with Gasteiger partial charge >= 0.3 is 12.0 Å². The maximum atomic E-state index is 12.3. The second-order valence-corrected chi connectivity index (χ2v) is 7.12. The Morgan fingerprint density at radius 3 is 2.62 bits per heavy atom. The van der Waals surface area contributed by atoms with Gasteiger partial charge in [0.25, 0.3) is 0 Å². The summed E-state index contributed by atoms with van der Waals surface area (Å²) in [4.78, 5) is 24.8. The molecule has 1 saturated heterocycles. The summed E-state index contributed by atoms with van der Waals surface area (Å²) in [6.45, 7) is 6.00.